The Morgan fingerprint density at radius 2 is 1.74 bits per heavy atom. The van der Waals surface area contributed by atoms with Gasteiger partial charge in [0.25, 0.3) is 0 Å². The monoisotopic (exact) mass is 254 g/mol. The maximum absolute atomic E-state index is 5.95. The second-order valence-electron chi connectivity index (χ2n) is 5.57. The van der Waals surface area contributed by atoms with Crippen LogP contribution in [0, 0.1) is 0 Å². The van der Waals surface area contributed by atoms with Gasteiger partial charge in [0.05, 0.1) is 0 Å². The molecule has 0 amide bonds. The van der Waals surface area contributed by atoms with Crippen LogP contribution < -0.4 is 5.73 Å². The van der Waals surface area contributed by atoms with Crippen molar-refractivity contribution in [3.8, 4) is 0 Å². The van der Waals surface area contributed by atoms with Crippen LogP contribution in [0.3, 0.4) is 0 Å². The number of benzene rings is 2. The van der Waals surface area contributed by atoms with Crippen molar-refractivity contribution < 1.29 is 0 Å². The molecule has 2 nitrogen and oxygen atoms in total. The van der Waals surface area contributed by atoms with E-state index in [4.69, 9.17) is 5.73 Å². The van der Waals surface area contributed by atoms with Crippen LogP contribution in [-0.4, -0.2) is 30.6 Å². The van der Waals surface area contributed by atoms with Crippen molar-refractivity contribution in [3.05, 3.63) is 48.0 Å². The van der Waals surface area contributed by atoms with E-state index in [1.165, 1.54) is 16.3 Å². The highest BCUT2D eigenvalue weighted by Crippen LogP contribution is 2.19. The number of hydrogen-bond donors (Lipinski definition) is 1. The summed E-state index contributed by atoms with van der Waals surface area (Å²) < 4.78 is 0. The molecule has 1 aliphatic rings. The van der Waals surface area contributed by atoms with E-state index in [-0.39, 0.29) is 0 Å². The number of hydrogen-bond acceptors (Lipinski definition) is 2. The molecule has 1 saturated heterocycles. The van der Waals surface area contributed by atoms with E-state index in [9.17, 15) is 0 Å². The highest BCUT2D eigenvalue weighted by molar-refractivity contribution is 5.85. The van der Waals surface area contributed by atoms with Gasteiger partial charge in [-0.25, -0.2) is 0 Å². The summed E-state index contributed by atoms with van der Waals surface area (Å²) in [5.41, 5.74) is 7.42. The normalized spacial score (nSPS) is 17.9. The number of rotatable bonds is 3. The molecule has 0 aromatic heterocycles. The summed E-state index contributed by atoms with van der Waals surface area (Å²) >= 11 is 0. The quantitative estimate of drug-likeness (QED) is 0.912. The molecule has 0 spiro atoms. The van der Waals surface area contributed by atoms with Gasteiger partial charge in [0, 0.05) is 12.6 Å². The van der Waals surface area contributed by atoms with E-state index in [2.05, 4.69) is 47.4 Å². The molecule has 100 valence electrons. The van der Waals surface area contributed by atoms with E-state index in [1.807, 2.05) is 0 Å². The first-order valence-electron chi connectivity index (χ1n) is 7.27. The largest absolute Gasteiger partial charge is 0.328 e. The smallest absolute Gasteiger partial charge is 0.00631 e. The third kappa shape index (κ3) is 2.96. The lowest BCUT2D eigenvalue weighted by Crippen LogP contribution is -2.40. The molecule has 0 bridgehead atoms. The van der Waals surface area contributed by atoms with E-state index in [0.717, 1.165) is 38.9 Å². The Balaban J connectivity index is 1.68. The van der Waals surface area contributed by atoms with Gasteiger partial charge in [0.1, 0.15) is 0 Å². The second kappa shape index (κ2) is 5.72. The Bertz CT molecular complexity index is 536. The fourth-order valence-corrected chi connectivity index (χ4v) is 2.97. The minimum absolute atomic E-state index is 0.425. The molecule has 1 heterocycles. The van der Waals surface area contributed by atoms with Crippen LogP contribution in [0.5, 0.6) is 0 Å². The molecule has 0 saturated carbocycles. The minimum atomic E-state index is 0.425. The maximum atomic E-state index is 5.95. The lowest BCUT2D eigenvalue weighted by Gasteiger charge is -2.30. The second-order valence-corrected chi connectivity index (χ2v) is 5.57. The van der Waals surface area contributed by atoms with Crippen molar-refractivity contribution in [2.24, 2.45) is 5.73 Å². The van der Waals surface area contributed by atoms with Crippen molar-refractivity contribution in [2.75, 3.05) is 19.6 Å². The van der Waals surface area contributed by atoms with Crippen LogP contribution >= 0.6 is 0 Å². The highest BCUT2D eigenvalue weighted by Gasteiger charge is 2.15. The van der Waals surface area contributed by atoms with Gasteiger partial charge in [-0.1, -0.05) is 42.5 Å². The van der Waals surface area contributed by atoms with Crippen molar-refractivity contribution in [1.29, 1.82) is 0 Å². The van der Waals surface area contributed by atoms with Crippen LogP contribution in [0.2, 0.25) is 0 Å². The average Bonchev–Trinajstić information content (AvgIpc) is 2.47. The zero-order valence-electron chi connectivity index (χ0n) is 11.4. The number of piperidine rings is 1. The third-order valence-corrected chi connectivity index (χ3v) is 4.21. The summed E-state index contributed by atoms with van der Waals surface area (Å²) in [6.07, 6.45) is 3.43. The Morgan fingerprint density at radius 3 is 2.58 bits per heavy atom. The van der Waals surface area contributed by atoms with E-state index in [0.29, 0.717) is 6.04 Å². The lowest BCUT2D eigenvalue weighted by molar-refractivity contribution is 0.216. The average molecular weight is 254 g/mol. The SMILES string of the molecule is NC1CCN(CCc2cccc3ccccc23)CC1. The van der Waals surface area contributed by atoms with Crippen LogP contribution in [0.25, 0.3) is 10.8 Å². The van der Waals surface area contributed by atoms with Gasteiger partial charge in [-0.05, 0) is 48.7 Å². The van der Waals surface area contributed by atoms with E-state index >= 15 is 0 Å². The van der Waals surface area contributed by atoms with Crippen LogP contribution in [0.15, 0.2) is 42.5 Å². The zero-order valence-corrected chi connectivity index (χ0v) is 11.4. The van der Waals surface area contributed by atoms with Crippen molar-refractivity contribution in [3.63, 3.8) is 0 Å². The van der Waals surface area contributed by atoms with Gasteiger partial charge in [-0.3, -0.25) is 0 Å². The molecule has 2 aromatic carbocycles. The molecular weight excluding hydrogens is 232 g/mol. The van der Waals surface area contributed by atoms with Crippen molar-refractivity contribution >= 4 is 10.8 Å². The Morgan fingerprint density at radius 1 is 1.00 bits per heavy atom. The van der Waals surface area contributed by atoms with E-state index in [1.54, 1.807) is 0 Å². The summed E-state index contributed by atoms with van der Waals surface area (Å²) in [4.78, 5) is 2.55. The van der Waals surface area contributed by atoms with E-state index < -0.39 is 0 Å². The number of nitrogens with two attached hydrogens (primary N) is 1. The first-order valence-corrected chi connectivity index (χ1v) is 7.27. The molecule has 2 N–H and O–H groups in total. The molecule has 2 heteroatoms. The summed E-state index contributed by atoms with van der Waals surface area (Å²) in [7, 11) is 0. The Labute approximate surface area is 115 Å². The van der Waals surface area contributed by atoms with Crippen LogP contribution in [0.1, 0.15) is 18.4 Å². The molecule has 0 radical (unpaired) electrons. The predicted molar refractivity (Wildman–Crippen MR) is 81.3 cm³/mol. The molecular formula is C17H22N2. The van der Waals surface area contributed by atoms with Gasteiger partial charge in [0.2, 0.25) is 0 Å². The molecule has 3 rings (SSSR count). The lowest BCUT2D eigenvalue weighted by atomic mass is 10.0. The maximum Gasteiger partial charge on any atom is 0.00631 e. The number of fused-ring (bicyclic) bond motifs is 1. The number of likely N-dealkylation sites (tertiary alicyclic amines) is 1. The molecule has 0 atom stereocenters. The van der Waals surface area contributed by atoms with Gasteiger partial charge in [-0.15, -0.1) is 0 Å². The first-order chi connectivity index (χ1) is 9.33. The minimum Gasteiger partial charge on any atom is -0.328 e. The predicted octanol–water partition coefficient (Wildman–Crippen LogP) is 2.81. The van der Waals surface area contributed by atoms with Crippen molar-refractivity contribution in [1.82, 2.24) is 4.90 Å². The van der Waals surface area contributed by atoms with Crippen LogP contribution in [0.4, 0.5) is 0 Å². The topological polar surface area (TPSA) is 29.3 Å². The van der Waals surface area contributed by atoms with Gasteiger partial charge >= 0.3 is 0 Å². The molecule has 1 aliphatic heterocycles. The fourth-order valence-electron chi connectivity index (χ4n) is 2.97. The number of nitrogens with zero attached hydrogens (tertiary/aromatic N) is 1. The summed E-state index contributed by atoms with van der Waals surface area (Å²) in [6.45, 7) is 3.47. The molecule has 19 heavy (non-hydrogen) atoms. The summed E-state index contributed by atoms with van der Waals surface area (Å²) in [5.74, 6) is 0. The highest BCUT2D eigenvalue weighted by atomic mass is 15.1. The Hall–Kier alpha value is -1.38. The fraction of sp³-hybridized carbons (Fsp3) is 0.412. The molecule has 2 aromatic rings. The molecule has 0 unspecified atom stereocenters. The van der Waals surface area contributed by atoms with Gasteiger partial charge < -0.3 is 10.6 Å². The summed E-state index contributed by atoms with van der Waals surface area (Å²) in [5, 5.41) is 2.75. The molecule has 0 aliphatic carbocycles. The van der Waals surface area contributed by atoms with Crippen molar-refractivity contribution in [2.45, 2.75) is 25.3 Å². The standard InChI is InChI=1S/C17H22N2/c18-16-9-12-19(13-10-16)11-8-15-6-3-5-14-4-1-2-7-17(14)15/h1-7,16H,8-13,18H2. The third-order valence-electron chi connectivity index (χ3n) is 4.21. The van der Waals surface area contributed by atoms with Crippen LogP contribution in [-0.2, 0) is 6.42 Å². The first kappa shape index (κ1) is 12.6. The Kier molecular flexibility index (Phi) is 3.81. The van der Waals surface area contributed by atoms with Gasteiger partial charge in [0.15, 0.2) is 0 Å². The van der Waals surface area contributed by atoms with Gasteiger partial charge in [-0.2, -0.15) is 0 Å². The zero-order chi connectivity index (χ0) is 13.1. The molecule has 1 fully saturated rings. The summed E-state index contributed by atoms with van der Waals surface area (Å²) in [6, 6.07) is 15.7.